The van der Waals surface area contributed by atoms with Crippen LogP contribution in [-0.2, 0) is 0 Å². The Kier molecular flexibility index (Phi) is 4.41. The van der Waals surface area contributed by atoms with Crippen LogP contribution in [0.5, 0.6) is 0 Å². The largest absolute Gasteiger partial charge is 0.206 e. The second-order valence-corrected chi connectivity index (χ2v) is 6.27. The molecule has 0 aromatic heterocycles. The maximum Gasteiger partial charge on any atom is 0.137 e. The van der Waals surface area contributed by atoms with Gasteiger partial charge in [0.1, 0.15) is 11.6 Å². The minimum absolute atomic E-state index is 0.0950. The van der Waals surface area contributed by atoms with E-state index < -0.39 is 0 Å². The molecule has 1 unspecified atom stereocenters. The molecule has 0 saturated carbocycles. The summed E-state index contributed by atoms with van der Waals surface area (Å²) in [5.41, 5.74) is 3.09. The predicted octanol–water partition coefficient (Wildman–Crippen LogP) is 5.83. The number of hydrogen-bond donors (Lipinski definition) is 0. The van der Waals surface area contributed by atoms with Gasteiger partial charge in [-0.25, -0.2) is 8.78 Å². The van der Waals surface area contributed by atoms with Crippen molar-refractivity contribution in [3.63, 3.8) is 0 Å². The molecule has 0 aliphatic heterocycles. The average Bonchev–Trinajstić information content (AvgIpc) is 2.37. The highest BCUT2D eigenvalue weighted by Gasteiger charge is 2.14. The van der Waals surface area contributed by atoms with Gasteiger partial charge in [-0.15, -0.1) is 0 Å². The van der Waals surface area contributed by atoms with Gasteiger partial charge in [0.15, 0.2) is 0 Å². The Morgan fingerprint density at radius 2 is 1.53 bits per heavy atom. The van der Waals surface area contributed by atoms with Gasteiger partial charge >= 0.3 is 0 Å². The van der Waals surface area contributed by atoms with Gasteiger partial charge in [0, 0.05) is 0 Å². The average molecular weight is 390 g/mol. The van der Waals surface area contributed by atoms with Gasteiger partial charge in [0.25, 0.3) is 0 Å². The van der Waals surface area contributed by atoms with Crippen molar-refractivity contribution in [3.05, 3.63) is 68.7 Å². The molecule has 0 heterocycles. The molecule has 0 radical (unpaired) electrons. The molecule has 0 amide bonds. The Morgan fingerprint density at radius 1 is 0.947 bits per heavy atom. The Balaban J connectivity index is 2.43. The summed E-state index contributed by atoms with van der Waals surface area (Å²) in [7, 11) is 0. The summed E-state index contributed by atoms with van der Waals surface area (Å²) < 4.78 is 27.3. The molecule has 0 bridgehead atoms. The van der Waals surface area contributed by atoms with Crippen molar-refractivity contribution >= 4 is 31.9 Å². The fourth-order valence-electron chi connectivity index (χ4n) is 1.99. The molecule has 0 aliphatic rings. The van der Waals surface area contributed by atoms with Gasteiger partial charge in [0.2, 0.25) is 0 Å². The van der Waals surface area contributed by atoms with E-state index in [-0.39, 0.29) is 16.5 Å². The van der Waals surface area contributed by atoms with E-state index in [1.807, 2.05) is 0 Å². The van der Waals surface area contributed by atoms with E-state index in [1.54, 1.807) is 38.1 Å². The smallest absolute Gasteiger partial charge is 0.137 e. The number of rotatable bonds is 2. The Hall–Kier alpha value is -0.740. The normalized spacial score (nSPS) is 12.5. The summed E-state index contributed by atoms with van der Waals surface area (Å²) in [6, 6.07) is 8.46. The molecule has 19 heavy (non-hydrogen) atoms. The van der Waals surface area contributed by atoms with Crippen molar-refractivity contribution in [2.45, 2.75) is 18.7 Å². The third-order valence-corrected chi connectivity index (χ3v) is 4.65. The quantitative estimate of drug-likeness (QED) is 0.567. The van der Waals surface area contributed by atoms with Crippen LogP contribution in [0.3, 0.4) is 0 Å². The van der Waals surface area contributed by atoms with E-state index >= 15 is 0 Å². The molecular weight excluding hydrogens is 378 g/mol. The van der Waals surface area contributed by atoms with Crippen LogP contribution >= 0.6 is 31.9 Å². The van der Waals surface area contributed by atoms with E-state index in [2.05, 4.69) is 31.9 Å². The third-order valence-electron chi connectivity index (χ3n) is 2.99. The first-order valence-corrected chi connectivity index (χ1v) is 7.46. The standard InChI is InChI=1S/C15H12Br2F2/c1-8-5-11(6-9(2)15(8)19)14(17)10-3-4-13(18)12(16)7-10/h3-7,14H,1-2H3. The molecule has 2 aromatic rings. The fraction of sp³-hybridized carbons (Fsp3) is 0.200. The molecule has 0 N–H and O–H groups in total. The highest BCUT2D eigenvalue weighted by atomic mass is 79.9. The van der Waals surface area contributed by atoms with Crippen LogP contribution in [0.4, 0.5) is 8.78 Å². The number of aryl methyl sites for hydroxylation is 2. The van der Waals surface area contributed by atoms with Gasteiger partial charge in [-0.1, -0.05) is 34.1 Å². The van der Waals surface area contributed by atoms with E-state index in [0.29, 0.717) is 15.6 Å². The minimum atomic E-state index is -0.296. The predicted molar refractivity (Wildman–Crippen MR) is 80.7 cm³/mol. The molecule has 2 aromatic carbocycles. The number of alkyl halides is 1. The number of hydrogen-bond acceptors (Lipinski definition) is 0. The Labute approximate surface area is 128 Å². The number of benzene rings is 2. The molecule has 0 spiro atoms. The summed E-state index contributed by atoms with van der Waals surface area (Å²) in [5.74, 6) is -0.473. The topological polar surface area (TPSA) is 0 Å². The minimum Gasteiger partial charge on any atom is -0.206 e. The number of halogens is 4. The van der Waals surface area contributed by atoms with Crippen LogP contribution < -0.4 is 0 Å². The van der Waals surface area contributed by atoms with Gasteiger partial charge in [0.05, 0.1) is 9.30 Å². The van der Waals surface area contributed by atoms with Crippen molar-refractivity contribution in [2.75, 3.05) is 0 Å². The first-order valence-electron chi connectivity index (χ1n) is 5.76. The highest BCUT2D eigenvalue weighted by molar-refractivity contribution is 9.10. The van der Waals surface area contributed by atoms with E-state index in [1.165, 1.54) is 6.07 Å². The van der Waals surface area contributed by atoms with Gasteiger partial charge in [-0.3, -0.25) is 0 Å². The molecule has 0 nitrogen and oxygen atoms in total. The molecule has 0 saturated heterocycles. The first kappa shape index (κ1) is 14.7. The zero-order chi connectivity index (χ0) is 14.2. The molecule has 1 atom stereocenters. The van der Waals surface area contributed by atoms with E-state index in [9.17, 15) is 8.78 Å². The van der Waals surface area contributed by atoms with Crippen molar-refractivity contribution in [1.29, 1.82) is 0 Å². The van der Waals surface area contributed by atoms with Gasteiger partial charge < -0.3 is 0 Å². The van der Waals surface area contributed by atoms with Crippen LogP contribution in [-0.4, -0.2) is 0 Å². The first-order chi connectivity index (χ1) is 8.90. The lowest BCUT2D eigenvalue weighted by atomic mass is 10.00. The van der Waals surface area contributed by atoms with Gasteiger partial charge in [-0.05, 0) is 64.2 Å². The molecule has 4 heteroatoms. The van der Waals surface area contributed by atoms with Crippen LogP contribution in [0.15, 0.2) is 34.8 Å². The summed E-state index contributed by atoms with van der Waals surface area (Å²) >= 11 is 6.75. The van der Waals surface area contributed by atoms with E-state index in [4.69, 9.17) is 0 Å². The lowest BCUT2D eigenvalue weighted by molar-refractivity contribution is 0.608. The molecule has 2 rings (SSSR count). The van der Waals surface area contributed by atoms with E-state index in [0.717, 1.165) is 11.1 Å². The molecule has 0 aliphatic carbocycles. The summed E-state index contributed by atoms with van der Waals surface area (Å²) in [4.78, 5) is -0.0950. The zero-order valence-electron chi connectivity index (χ0n) is 10.5. The van der Waals surface area contributed by atoms with Crippen molar-refractivity contribution < 1.29 is 8.78 Å². The summed E-state index contributed by atoms with van der Waals surface area (Å²) in [6.45, 7) is 3.48. The van der Waals surface area contributed by atoms with Crippen molar-refractivity contribution in [1.82, 2.24) is 0 Å². The van der Waals surface area contributed by atoms with Crippen LogP contribution in [0.1, 0.15) is 27.1 Å². The fourth-order valence-corrected chi connectivity index (χ4v) is 2.93. The highest BCUT2D eigenvalue weighted by Crippen LogP contribution is 2.34. The molecule has 100 valence electrons. The summed E-state index contributed by atoms with van der Waals surface area (Å²) in [5, 5.41) is 0. The van der Waals surface area contributed by atoms with Crippen LogP contribution in [0.2, 0.25) is 0 Å². The monoisotopic (exact) mass is 388 g/mol. The van der Waals surface area contributed by atoms with Crippen LogP contribution in [0.25, 0.3) is 0 Å². The second kappa shape index (κ2) is 5.71. The van der Waals surface area contributed by atoms with Crippen molar-refractivity contribution in [2.24, 2.45) is 0 Å². The zero-order valence-corrected chi connectivity index (χ0v) is 13.6. The third kappa shape index (κ3) is 3.06. The van der Waals surface area contributed by atoms with Crippen LogP contribution in [0, 0.1) is 25.5 Å². The molecule has 0 fully saturated rings. The lowest BCUT2D eigenvalue weighted by Gasteiger charge is -2.14. The maximum atomic E-state index is 13.6. The molecular formula is C15H12Br2F2. The Bertz CT molecular complexity index is 601. The van der Waals surface area contributed by atoms with Crippen molar-refractivity contribution in [3.8, 4) is 0 Å². The second-order valence-electron chi connectivity index (χ2n) is 4.50. The van der Waals surface area contributed by atoms with Gasteiger partial charge in [-0.2, -0.15) is 0 Å². The SMILES string of the molecule is Cc1cc(C(Br)c2ccc(F)c(Br)c2)cc(C)c1F. The lowest BCUT2D eigenvalue weighted by Crippen LogP contribution is -1.98. The summed E-state index contributed by atoms with van der Waals surface area (Å²) in [6.07, 6.45) is 0. The Morgan fingerprint density at radius 3 is 2.05 bits per heavy atom. The maximum absolute atomic E-state index is 13.6.